The molecule has 0 spiro atoms. The molecular weight excluding hydrogens is 326 g/mol. The van der Waals surface area contributed by atoms with E-state index in [0.717, 1.165) is 48.7 Å². The average molecular weight is 346 g/mol. The Morgan fingerprint density at radius 1 is 1.04 bits per heavy atom. The van der Waals surface area contributed by atoms with Crippen molar-refractivity contribution in [2.75, 3.05) is 25.2 Å². The van der Waals surface area contributed by atoms with Gasteiger partial charge in [-0.1, -0.05) is 6.07 Å². The second-order valence-electron chi connectivity index (χ2n) is 6.54. The van der Waals surface area contributed by atoms with Gasteiger partial charge in [0.25, 0.3) is 0 Å². The fraction of sp³-hybridized carbons (Fsp3) is 0.368. The lowest BCUT2D eigenvalue weighted by molar-refractivity contribution is 0.174. The van der Waals surface area contributed by atoms with Crippen LogP contribution in [0.4, 0.5) is 14.5 Å². The molecule has 1 saturated heterocycles. The highest BCUT2D eigenvalue weighted by Crippen LogP contribution is 2.34. The van der Waals surface area contributed by atoms with Gasteiger partial charge < -0.3 is 14.8 Å². The Kier molecular flexibility index (Phi) is 4.44. The summed E-state index contributed by atoms with van der Waals surface area (Å²) in [5.41, 5.74) is 1.80. The molecule has 2 aromatic rings. The Morgan fingerprint density at radius 3 is 2.80 bits per heavy atom. The normalized spacial score (nSPS) is 19.8. The number of piperidine rings is 1. The zero-order valence-electron chi connectivity index (χ0n) is 13.8. The third kappa shape index (κ3) is 3.69. The van der Waals surface area contributed by atoms with Crippen LogP contribution in [0.2, 0.25) is 0 Å². The largest absolute Gasteiger partial charge is 0.454 e. The van der Waals surface area contributed by atoms with Gasteiger partial charge in [0.2, 0.25) is 6.79 Å². The van der Waals surface area contributed by atoms with E-state index in [1.807, 2.05) is 18.2 Å². The first-order valence-electron chi connectivity index (χ1n) is 8.50. The molecule has 0 amide bonds. The Bertz CT molecular complexity index is 769. The van der Waals surface area contributed by atoms with E-state index in [-0.39, 0.29) is 6.79 Å². The number of halogens is 2. The third-order valence-electron chi connectivity index (χ3n) is 4.64. The van der Waals surface area contributed by atoms with Gasteiger partial charge in [-0.25, -0.2) is 8.78 Å². The van der Waals surface area contributed by atoms with Gasteiger partial charge in [-0.15, -0.1) is 0 Å². The van der Waals surface area contributed by atoms with E-state index >= 15 is 0 Å². The van der Waals surface area contributed by atoms with Crippen LogP contribution in [0.1, 0.15) is 18.4 Å². The molecule has 0 aromatic heterocycles. The van der Waals surface area contributed by atoms with E-state index in [2.05, 4.69) is 10.2 Å². The summed E-state index contributed by atoms with van der Waals surface area (Å²) in [5, 5.41) is 3.54. The summed E-state index contributed by atoms with van der Waals surface area (Å²) in [7, 11) is 0. The van der Waals surface area contributed by atoms with E-state index < -0.39 is 11.6 Å². The number of ether oxygens (including phenoxy) is 2. The van der Waals surface area contributed by atoms with Crippen molar-refractivity contribution in [2.24, 2.45) is 0 Å². The van der Waals surface area contributed by atoms with Crippen LogP contribution in [-0.4, -0.2) is 30.8 Å². The molecule has 0 saturated carbocycles. The second kappa shape index (κ2) is 6.88. The minimum absolute atomic E-state index is 0.268. The molecule has 0 bridgehead atoms. The Labute approximate surface area is 145 Å². The third-order valence-corrected chi connectivity index (χ3v) is 4.64. The van der Waals surface area contributed by atoms with E-state index in [4.69, 9.17) is 9.47 Å². The maximum Gasteiger partial charge on any atom is 0.231 e. The van der Waals surface area contributed by atoms with E-state index in [0.29, 0.717) is 12.6 Å². The molecule has 1 unspecified atom stereocenters. The van der Waals surface area contributed by atoms with Gasteiger partial charge >= 0.3 is 0 Å². The molecule has 132 valence electrons. The number of nitrogens with one attached hydrogen (secondary N) is 1. The maximum absolute atomic E-state index is 13.4. The topological polar surface area (TPSA) is 33.7 Å². The highest BCUT2D eigenvalue weighted by molar-refractivity contribution is 5.56. The van der Waals surface area contributed by atoms with Gasteiger partial charge in [-0.05, 0) is 49.2 Å². The number of fused-ring (bicyclic) bond motifs is 1. The SMILES string of the molecule is Fc1ccc(CN2CCCC(Nc3ccc4c(c3)OCO4)C2)cc1F. The van der Waals surface area contributed by atoms with E-state index in [1.165, 1.54) is 12.1 Å². The van der Waals surface area contributed by atoms with Crippen LogP contribution in [0.15, 0.2) is 36.4 Å². The zero-order chi connectivity index (χ0) is 17.2. The first kappa shape index (κ1) is 16.1. The van der Waals surface area contributed by atoms with Gasteiger partial charge in [0.05, 0.1) is 0 Å². The highest BCUT2D eigenvalue weighted by Gasteiger charge is 2.21. The molecule has 2 aromatic carbocycles. The monoisotopic (exact) mass is 346 g/mol. The summed E-state index contributed by atoms with van der Waals surface area (Å²) < 4.78 is 37.2. The van der Waals surface area contributed by atoms with Crippen LogP contribution in [-0.2, 0) is 6.54 Å². The van der Waals surface area contributed by atoms with Crippen LogP contribution in [0, 0.1) is 11.6 Å². The van der Waals surface area contributed by atoms with Crippen molar-refractivity contribution in [3.05, 3.63) is 53.6 Å². The van der Waals surface area contributed by atoms with Gasteiger partial charge in [0.1, 0.15) is 0 Å². The molecule has 2 aliphatic heterocycles. The highest BCUT2D eigenvalue weighted by atomic mass is 19.2. The standard InChI is InChI=1S/C19H20F2N2O2/c20-16-5-3-13(8-17(16)21)10-23-7-1-2-15(11-23)22-14-4-6-18-19(9-14)25-12-24-18/h3-6,8-9,15,22H,1-2,7,10-12H2. The van der Waals surface area contributed by atoms with Crippen molar-refractivity contribution in [1.29, 1.82) is 0 Å². The molecule has 2 heterocycles. The van der Waals surface area contributed by atoms with Crippen LogP contribution < -0.4 is 14.8 Å². The Balaban J connectivity index is 1.38. The van der Waals surface area contributed by atoms with E-state index in [1.54, 1.807) is 6.07 Å². The molecule has 4 nitrogen and oxygen atoms in total. The molecule has 25 heavy (non-hydrogen) atoms. The van der Waals surface area contributed by atoms with Crippen molar-refractivity contribution in [3.8, 4) is 11.5 Å². The first-order chi connectivity index (χ1) is 12.2. The number of rotatable bonds is 4. The fourth-order valence-corrected chi connectivity index (χ4v) is 3.44. The van der Waals surface area contributed by atoms with Crippen molar-refractivity contribution >= 4 is 5.69 Å². The summed E-state index contributed by atoms with van der Waals surface area (Å²) in [5.74, 6) is -0.0529. The molecule has 1 N–H and O–H groups in total. The van der Waals surface area contributed by atoms with Gasteiger partial charge in [0, 0.05) is 30.9 Å². The Morgan fingerprint density at radius 2 is 1.92 bits per heavy atom. The summed E-state index contributed by atoms with van der Waals surface area (Å²) in [6.07, 6.45) is 2.13. The van der Waals surface area contributed by atoms with Crippen molar-refractivity contribution < 1.29 is 18.3 Å². The lowest BCUT2D eigenvalue weighted by Gasteiger charge is -2.33. The lowest BCUT2D eigenvalue weighted by Crippen LogP contribution is -2.41. The number of anilines is 1. The molecule has 6 heteroatoms. The average Bonchev–Trinajstić information content (AvgIpc) is 3.06. The number of likely N-dealkylation sites (tertiary alicyclic amines) is 1. The minimum Gasteiger partial charge on any atom is -0.454 e. The summed E-state index contributed by atoms with van der Waals surface area (Å²) >= 11 is 0. The van der Waals surface area contributed by atoms with E-state index in [9.17, 15) is 8.78 Å². The van der Waals surface area contributed by atoms with Gasteiger partial charge in [0.15, 0.2) is 23.1 Å². The van der Waals surface area contributed by atoms with Crippen molar-refractivity contribution in [2.45, 2.75) is 25.4 Å². The number of nitrogens with zero attached hydrogens (tertiary/aromatic N) is 1. The molecule has 1 fully saturated rings. The molecular formula is C19H20F2N2O2. The van der Waals surface area contributed by atoms with Gasteiger partial charge in [-0.3, -0.25) is 4.90 Å². The zero-order valence-corrected chi connectivity index (χ0v) is 13.8. The molecule has 1 atom stereocenters. The summed E-state index contributed by atoms with van der Waals surface area (Å²) in [6.45, 7) is 2.70. The smallest absolute Gasteiger partial charge is 0.231 e. The number of hydrogen-bond donors (Lipinski definition) is 1. The van der Waals surface area contributed by atoms with Crippen LogP contribution in [0.5, 0.6) is 11.5 Å². The quantitative estimate of drug-likeness (QED) is 0.914. The summed E-state index contributed by atoms with van der Waals surface area (Å²) in [6, 6.07) is 10.3. The van der Waals surface area contributed by atoms with Crippen LogP contribution in [0.3, 0.4) is 0 Å². The van der Waals surface area contributed by atoms with Crippen molar-refractivity contribution in [1.82, 2.24) is 4.90 Å². The van der Waals surface area contributed by atoms with Crippen molar-refractivity contribution in [3.63, 3.8) is 0 Å². The predicted octanol–water partition coefficient (Wildman–Crippen LogP) is 3.77. The summed E-state index contributed by atoms with van der Waals surface area (Å²) in [4.78, 5) is 2.26. The minimum atomic E-state index is -0.801. The lowest BCUT2D eigenvalue weighted by atomic mass is 10.0. The molecule has 0 radical (unpaired) electrons. The second-order valence-corrected chi connectivity index (χ2v) is 6.54. The van der Waals surface area contributed by atoms with Crippen LogP contribution in [0.25, 0.3) is 0 Å². The first-order valence-corrected chi connectivity index (χ1v) is 8.50. The molecule has 4 rings (SSSR count). The van der Waals surface area contributed by atoms with Gasteiger partial charge in [-0.2, -0.15) is 0 Å². The number of benzene rings is 2. The molecule has 0 aliphatic carbocycles. The van der Waals surface area contributed by atoms with Crippen LogP contribution >= 0.6 is 0 Å². The molecule has 2 aliphatic rings. The maximum atomic E-state index is 13.4. The fourth-order valence-electron chi connectivity index (χ4n) is 3.44. The Hall–Kier alpha value is -2.34. The predicted molar refractivity (Wildman–Crippen MR) is 90.8 cm³/mol. The number of hydrogen-bond acceptors (Lipinski definition) is 4.